The van der Waals surface area contributed by atoms with Crippen molar-refractivity contribution in [2.45, 2.75) is 18.8 Å². The first-order chi connectivity index (χ1) is 14.2. The minimum absolute atomic E-state index is 0.108. The Kier molecular flexibility index (Phi) is 6.47. The minimum Gasteiger partial charge on any atom is -0.317 e. The van der Waals surface area contributed by atoms with Crippen molar-refractivity contribution in [2.75, 3.05) is 17.8 Å². The maximum absolute atomic E-state index is 13.5. The zero-order valence-electron chi connectivity index (χ0n) is 16.1. The fourth-order valence-corrected chi connectivity index (χ4v) is 4.89. The molecule has 29 heavy (non-hydrogen) atoms. The average molecular weight is 411 g/mol. The Morgan fingerprint density at radius 3 is 2.00 bits per heavy atom. The van der Waals surface area contributed by atoms with Crippen LogP contribution < -0.4 is 4.72 Å². The maximum Gasteiger partial charge on any atom is 0.123 e. The van der Waals surface area contributed by atoms with Crippen molar-refractivity contribution in [3.8, 4) is 0 Å². The zero-order valence-corrected chi connectivity index (χ0v) is 16.9. The summed E-state index contributed by atoms with van der Waals surface area (Å²) < 4.78 is 32.8. The molecule has 2 nitrogen and oxygen atoms in total. The molecule has 0 saturated carbocycles. The third kappa shape index (κ3) is 5.17. The predicted octanol–water partition coefficient (Wildman–Crippen LogP) is 6.48. The molecule has 1 N–H and O–H groups in total. The first-order valence-corrected chi connectivity index (χ1v) is 10.7. The monoisotopic (exact) mass is 410 g/mol. The van der Waals surface area contributed by atoms with Gasteiger partial charge < -0.3 is 4.72 Å². The Hall–Kier alpha value is -2.37. The van der Waals surface area contributed by atoms with E-state index in [0.29, 0.717) is 5.92 Å². The Morgan fingerprint density at radius 2 is 1.41 bits per heavy atom. The number of anilines is 1. The maximum atomic E-state index is 13.5. The first-order valence-electron chi connectivity index (χ1n) is 9.93. The van der Waals surface area contributed by atoms with Gasteiger partial charge in [0, 0.05) is 36.8 Å². The average Bonchev–Trinajstić information content (AvgIpc) is 2.76. The molecule has 0 amide bonds. The molecule has 3 aromatic rings. The molecule has 1 atom stereocenters. The van der Waals surface area contributed by atoms with Crippen molar-refractivity contribution in [1.82, 2.24) is 4.31 Å². The lowest BCUT2D eigenvalue weighted by molar-refractivity contribution is 0.265. The van der Waals surface area contributed by atoms with Gasteiger partial charge in [0.25, 0.3) is 0 Å². The van der Waals surface area contributed by atoms with Crippen LogP contribution in [0.5, 0.6) is 0 Å². The van der Waals surface area contributed by atoms with Gasteiger partial charge in [0.1, 0.15) is 11.6 Å². The van der Waals surface area contributed by atoms with Crippen LogP contribution in [0.1, 0.15) is 29.9 Å². The van der Waals surface area contributed by atoms with Crippen LogP contribution in [0.4, 0.5) is 14.5 Å². The summed E-state index contributed by atoms with van der Waals surface area (Å²) in [5.74, 6) is 0.0000537. The number of rotatable bonds is 6. The molecule has 0 bridgehead atoms. The van der Waals surface area contributed by atoms with E-state index in [4.69, 9.17) is 0 Å². The van der Waals surface area contributed by atoms with Gasteiger partial charge in [-0.1, -0.05) is 42.5 Å². The van der Waals surface area contributed by atoms with Crippen LogP contribution in [0.25, 0.3) is 0 Å². The summed E-state index contributed by atoms with van der Waals surface area (Å²) >= 11 is 1.63. The lowest BCUT2D eigenvalue weighted by Gasteiger charge is -2.36. The van der Waals surface area contributed by atoms with Crippen molar-refractivity contribution in [2.24, 2.45) is 5.92 Å². The van der Waals surface area contributed by atoms with E-state index < -0.39 is 0 Å². The summed E-state index contributed by atoms with van der Waals surface area (Å²) in [4.78, 5) is 0. The number of benzene rings is 3. The smallest absolute Gasteiger partial charge is 0.123 e. The fourth-order valence-electron chi connectivity index (χ4n) is 4.03. The summed E-state index contributed by atoms with van der Waals surface area (Å²) in [6.45, 7) is 1.92. The van der Waals surface area contributed by atoms with Gasteiger partial charge in [0.05, 0.1) is 0 Å². The van der Waals surface area contributed by atoms with Gasteiger partial charge in [-0.25, -0.2) is 13.1 Å². The number of nitrogens with zero attached hydrogens (tertiary/aromatic N) is 1. The number of nitrogens with one attached hydrogen (secondary N) is 1. The standard InChI is InChI=1S/C24H24F2N2S/c25-21-12-8-18(9-13-21)24(19-10-14-22(26)15-11-19)20-5-4-16-28(17-20)29-27-23-6-2-1-3-7-23/h1-3,6-15,20,24,27H,4-5,16-17H2. The molecule has 4 rings (SSSR count). The molecule has 1 saturated heterocycles. The molecule has 1 heterocycles. The topological polar surface area (TPSA) is 15.3 Å². The summed E-state index contributed by atoms with van der Waals surface area (Å²) in [6, 6.07) is 23.6. The quantitative estimate of drug-likeness (QED) is 0.468. The second kappa shape index (κ2) is 9.42. The molecular weight excluding hydrogens is 386 g/mol. The van der Waals surface area contributed by atoms with E-state index in [-0.39, 0.29) is 17.6 Å². The number of piperidine rings is 1. The highest BCUT2D eigenvalue weighted by Gasteiger charge is 2.30. The largest absolute Gasteiger partial charge is 0.317 e. The highest BCUT2D eigenvalue weighted by molar-refractivity contribution is 7.98. The number of hydrogen-bond donors (Lipinski definition) is 1. The zero-order chi connectivity index (χ0) is 20.1. The first kappa shape index (κ1) is 19.9. The van der Waals surface area contributed by atoms with Crippen LogP contribution in [-0.4, -0.2) is 17.4 Å². The predicted molar refractivity (Wildman–Crippen MR) is 117 cm³/mol. The van der Waals surface area contributed by atoms with Crippen LogP contribution in [-0.2, 0) is 0 Å². The van der Waals surface area contributed by atoms with Crippen molar-refractivity contribution < 1.29 is 8.78 Å². The number of hydrogen-bond acceptors (Lipinski definition) is 3. The molecule has 0 aliphatic carbocycles. The van der Waals surface area contributed by atoms with Crippen LogP contribution in [0.15, 0.2) is 78.9 Å². The van der Waals surface area contributed by atoms with E-state index in [1.165, 1.54) is 24.3 Å². The third-order valence-corrected chi connectivity index (χ3v) is 6.33. The second-order valence-electron chi connectivity index (χ2n) is 7.43. The highest BCUT2D eigenvalue weighted by atomic mass is 32.2. The Bertz CT molecular complexity index is 855. The summed E-state index contributed by atoms with van der Waals surface area (Å²) in [6.07, 6.45) is 2.18. The van der Waals surface area contributed by atoms with Crippen molar-refractivity contribution in [3.05, 3.63) is 102 Å². The lowest BCUT2D eigenvalue weighted by atomic mass is 9.77. The van der Waals surface area contributed by atoms with Gasteiger partial charge in [0.15, 0.2) is 0 Å². The molecule has 1 unspecified atom stereocenters. The van der Waals surface area contributed by atoms with Crippen LogP contribution >= 0.6 is 12.1 Å². The van der Waals surface area contributed by atoms with Crippen molar-refractivity contribution in [3.63, 3.8) is 0 Å². The van der Waals surface area contributed by atoms with E-state index in [2.05, 4.69) is 9.03 Å². The van der Waals surface area contributed by atoms with Gasteiger partial charge >= 0.3 is 0 Å². The van der Waals surface area contributed by atoms with Crippen LogP contribution in [0.3, 0.4) is 0 Å². The molecule has 0 radical (unpaired) electrons. The number of para-hydroxylation sites is 1. The Balaban J connectivity index is 1.53. The minimum atomic E-state index is -0.237. The van der Waals surface area contributed by atoms with Gasteiger partial charge in [-0.05, 0) is 66.3 Å². The lowest BCUT2D eigenvalue weighted by Crippen LogP contribution is -2.34. The number of halogens is 2. The normalized spacial score (nSPS) is 17.4. The van der Waals surface area contributed by atoms with E-state index in [0.717, 1.165) is 42.7 Å². The molecule has 1 aliphatic heterocycles. The third-order valence-electron chi connectivity index (χ3n) is 5.42. The summed E-state index contributed by atoms with van der Waals surface area (Å²) in [5.41, 5.74) is 3.23. The SMILES string of the molecule is Fc1ccc(C(c2ccc(F)cc2)C2CCCN(SNc3ccccc3)C2)cc1. The van der Waals surface area contributed by atoms with E-state index in [1.54, 1.807) is 12.1 Å². The molecule has 1 aliphatic rings. The molecular formula is C24H24F2N2S. The van der Waals surface area contributed by atoms with Crippen LogP contribution in [0, 0.1) is 17.6 Å². The second-order valence-corrected chi connectivity index (χ2v) is 8.33. The highest BCUT2D eigenvalue weighted by Crippen LogP contribution is 2.38. The van der Waals surface area contributed by atoms with E-state index in [9.17, 15) is 8.78 Å². The van der Waals surface area contributed by atoms with Gasteiger partial charge in [-0.15, -0.1) is 0 Å². The van der Waals surface area contributed by atoms with Crippen molar-refractivity contribution >= 4 is 17.8 Å². The molecule has 150 valence electrons. The van der Waals surface area contributed by atoms with Gasteiger partial charge in [0.2, 0.25) is 0 Å². The van der Waals surface area contributed by atoms with Gasteiger partial charge in [-0.3, -0.25) is 0 Å². The van der Waals surface area contributed by atoms with E-state index >= 15 is 0 Å². The van der Waals surface area contributed by atoms with E-state index in [1.807, 2.05) is 54.6 Å². The molecule has 1 fully saturated rings. The molecule has 5 heteroatoms. The summed E-state index contributed by atoms with van der Waals surface area (Å²) in [5, 5.41) is 0. The van der Waals surface area contributed by atoms with Crippen LogP contribution in [0.2, 0.25) is 0 Å². The molecule has 3 aromatic carbocycles. The Labute approximate surface area is 175 Å². The molecule has 0 aromatic heterocycles. The fraction of sp³-hybridized carbons (Fsp3) is 0.250. The Morgan fingerprint density at radius 1 is 0.828 bits per heavy atom. The van der Waals surface area contributed by atoms with Gasteiger partial charge in [-0.2, -0.15) is 0 Å². The summed E-state index contributed by atoms with van der Waals surface area (Å²) in [7, 11) is 0. The molecule has 0 spiro atoms. The van der Waals surface area contributed by atoms with Crippen molar-refractivity contribution in [1.29, 1.82) is 0 Å².